The highest BCUT2D eigenvalue weighted by Crippen LogP contribution is 2.30. The molecule has 2 atom stereocenters. The third-order valence-electron chi connectivity index (χ3n) is 5.39. The van der Waals surface area contributed by atoms with Gasteiger partial charge in [-0.2, -0.15) is 0 Å². The number of piperazine rings is 1. The third kappa shape index (κ3) is 5.95. The van der Waals surface area contributed by atoms with Gasteiger partial charge in [-0.05, 0) is 51.2 Å². The maximum atomic E-state index is 14.0. The molecule has 1 fully saturated rings. The molecule has 1 aliphatic rings. The standard InChI is InChI=1S/C22H27FN4O3S/c1-15(20-14-17(23)4-9-21(20)26-12-10-25(3)11-13-26)24-22(28)16(2)31-19-7-5-18(6-8-19)27(29)30/h4-9,14-16H,10-13H2,1-3H3,(H,24,28). The average molecular weight is 447 g/mol. The molecule has 1 amide bonds. The maximum Gasteiger partial charge on any atom is 0.269 e. The van der Waals surface area contributed by atoms with Crippen molar-refractivity contribution in [2.75, 3.05) is 38.1 Å². The van der Waals surface area contributed by atoms with E-state index < -0.39 is 10.2 Å². The number of benzene rings is 2. The molecule has 31 heavy (non-hydrogen) atoms. The Morgan fingerprint density at radius 1 is 1.13 bits per heavy atom. The molecule has 3 rings (SSSR count). The SMILES string of the molecule is CC(Sc1ccc([N+](=O)[O-])cc1)C(=O)NC(C)c1cc(F)ccc1N1CCN(C)CC1. The molecule has 2 aromatic carbocycles. The van der Waals surface area contributed by atoms with E-state index in [0.717, 1.165) is 42.3 Å². The van der Waals surface area contributed by atoms with Crippen molar-refractivity contribution in [1.29, 1.82) is 0 Å². The quantitative estimate of drug-likeness (QED) is 0.396. The Morgan fingerprint density at radius 2 is 1.77 bits per heavy atom. The minimum absolute atomic E-state index is 0.0117. The van der Waals surface area contributed by atoms with Gasteiger partial charge in [-0.15, -0.1) is 11.8 Å². The number of nitro groups is 1. The highest BCUT2D eigenvalue weighted by molar-refractivity contribution is 8.00. The Bertz CT molecular complexity index is 933. The van der Waals surface area contributed by atoms with Crippen molar-refractivity contribution in [3.05, 3.63) is 64.0 Å². The van der Waals surface area contributed by atoms with Crippen LogP contribution < -0.4 is 10.2 Å². The zero-order chi connectivity index (χ0) is 22.5. The van der Waals surface area contributed by atoms with Crippen LogP contribution in [0.15, 0.2) is 47.4 Å². The van der Waals surface area contributed by atoms with Gasteiger partial charge in [0.1, 0.15) is 5.82 Å². The molecule has 7 nitrogen and oxygen atoms in total. The normalized spacial score (nSPS) is 16.6. The van der Waals surface area contributed by atoms with Crippen LogP contribution in [-0.4, -0.2) is 54.2 Å². The number of thioether (sulfide) groups is 1. The predicted molar refractivity (Wildman–Crippen MR) is 121 cm³/mol. The zero-order valence-corrected chi connectivity index (χ0v) is 18.7. The number of non-ortho nitro benzene ring substituents is 1. The molecular weight excluding hydrogens is 419 g/mol. The molecule has 2 unspecified atom stereocenters. The lowest BCUT2D eigenvalue weighted by Crippen LogP contribution is -2.45. The van der Waals surface area contributed by atoms with E-state index in [0.29, 0.717) is 0 Å². The smallest absolute Gasteiger partial charge is 0.269 e. The van der Waals surface area contributed by atoms with Crippen LogP contribution >= 0.6 is 11.8 Å². The minimum Gasteiger partial charge on any atom is -0.369 e. The van der Waals surface area contributed by atoms with E-state index in [2.05, 4.69) is 22.2 Å². The van der Waals surface area contributed by atoms with Crippen molar-refractivity contribution < 1.29 is 14.1 Å². The van der Waals surface area contributed by atoms with Crippen LogP contribution in [0.1, 0.15) is 25.5 Å². The van der Waals surface area contributed by atoms with Crippen LogP contribution in [0.3, 0.4) is 0 Å². The fraction of sp³-hybridized carbons (Fsp3) is 0.409. The molecule has 1 aliphatic heterocycles. The van der Waals surface area contributed by atoms with Gasteiger partial charge in [0.25, 0.3) is 5.69 Å². The second-order valence-electron chi connectivity index (χ2n) is 7.73. The van der Waals surface area contributed by atoms with Gasteiger partial charge < -0.3 is 15.1 Å². The fourth-order valence-electron chi connectivity index (χ4n) is 3.52. The van der Waals surface area contributed by atoms with Gasteiger partial charge in [-0.25, -0.2) is 4.39 Å². The Morgan fingerprint density at radius 3 is 2.39 bits per heavy atom. The Kier molecular flexibility index (Phi) is 7.50. The first-order valence-corrected chi connectivity index (χ1v) is 11.1. The number of nitro benzene ring substituents is 1. The molecule has 1 N–H and O–H groups in total. The number of halogens is 1. The molecule has 0 aromatic heterocycles. The molecule has 9 heteroatoms. The van der Waals surface area contributed by atoms with E-state index in [1.165, 1.54) is 36.0 Å². The molecule has 0 bridgehead atoms. The second kappa shape index (κ2) is 10.1. The Labute approximate surface area is 185 Å². The number of nitrogens with zero attached hydrogens (tertiary/aromatic N) is 3. The van der Waals surface area contributed by atoms with E-state index in [4.69, 9.17) is 0 Å². The number of rotatable bonds is 7. The molecule has 166 valence electrons. The van der Waals surface area contributed by atoms with E-state index in [1.807, 2.05) is 6.92 Å². The molecule has 0 saturated carbocycles. The van der Waals surface area contributed by atoms with Gasteiger partial charge in [-0.3, -0.25) is 14.9 Å². The van der Waals surface area contributed by atoms with Crippen LogP contribution in [0.2, 0.25) is 0 Å². The highest BCUT2D eigenvalue weighted by Gasteiger charge is 2.23. The van der Waals surface area contributed by atoms with Crippen LogP contribution in [0.5, 0.6) is 0 Å². The second-order valence-corrected chi connectivity index (χ2v) is 9.15. The number of amides is 1. The van der Waals surface area contributed by atoms with Gasteiger partial charge in [0.2, 0.25) is 5.91 Å². The van der Waals surface area contributed by atoms with Crippen LogP contribution in [-0.2, 0) is 4.79 Å². The summed E-state index contributed by atoms with van der Waals surface area (Å²) in [5, 5.41) is 13.4. The molecule has 0 radical (unpaired) electrons. The Balaban J connectivity index is 1.67. The summed E-state index contributed by atoms with van der Waals surface area (Å²) >= 11 is 1.32. The zero-order valence-electron chi connectivity index (χ0n) is 17.9. The predicted octanol–water partition coefficient (Wildman–Crippen LogP) is 3.84. The van der Waals surface area contributed by atoms with Crippen LogP contribution in [0.25, 0.3) is 0 Å². The number of anilines is 1. The number of hydrogen-bond acceptors (Lipinski definition) is 6. The summed E-state index contributed by atoms with van der Waals surface area (Å²) in [6.45, 7) is 7.20. The highest BCUT2D eigenvalue weighted by atomic mass is 32.2. The van der Waals surface area contributed by atoms with Gasteiger partial charge in [0, 0.05) is 54.5 Å². The number of hydrogen-bond donors (Lipinski definition) is 1. The third-order valence-corrected chi connectivity index (χ3v) is 6.50. The van der Waals surface area contributed by atoms with E-state index in [-0.39, 0.29) is 23.5 Å². The summed E-state index contributed by atoms with van der Waals surface area (Å²) in [4.78, 5) is 28.3. The van der Waals surface area contributed by atoms with E-state index >= 15 is 0 Å². The topological polar surface area (TPSA) is 78.7 Å². The van der Waals surface area contributed by atoms with Gasteiger partial charge in [-0.1, -0.05) is 0 Å². The molecular formula is C22H27FN4O3S. The molecule has 0 spiro atoms. The summed E-state index contributed by atoms with van der Waals surface area (Å²) in [7, 11) is 2.08. The first-order valence-electron chi connectivity index (χ1n) is 10.2. The molecule has 1 saturated heterocycles. The summed E-state index contributed by atoms with van der Waals surface area (Å²) in [5.41, 5.74) is 1.71. The average Bonchev–Trinajstić information content (AvgIpc) is 2.74. The van der Waals surface area contributed by atoms with Crippen molar-refractivity contribution >= 4 is 29.0 Å². The summed E-state index contributed by atoms with van der Waals surface area (Å²) in [6.07, 6.45) is 0. The van der Waals surface area contributed by atoms with Gasteiger partial charge in [0.05, 0.1) is 16.2 Å². The summed E-state index contributed by atoms with van der Waals surface area (Å²) < 4.78 is 14.0. The van der Waals surface area contributed by atoms with Crippen molar-refractivity contribution in [2.24, 2.45) is 0 Å². The molecule has 0 aliphatic carbocycles. The monoisotopic (exact) mass is 446 g/mol. The minimum atomic E-state index is -0.455. The van der Waals surface area contributed by atoms with Gasteiger partial charge in [0.15, 0.2) is 0 Å². The molecule has 1 heterocycles. The van der Waals surface area contributed by atoms with Crippen LogP contribution in [0.4, 0.5) is 15.8 Å². The van der Waals surface area contributed by atoms with Crippen molar-refractivity contribution in [3.8, 4) is 0 Å². The van der Waals surface area contributed by atoms with Crippen molar-refractivity contribution in [1.82, 2.24) is 10.2 Å². The lowest BCUT2D eigenvalue weighted by atomic mass is 10.0. The number of nitrogens with one attached hydrogen (secondary N) is 1. The number of carbonyl (C=O) groups is 1. The Hall–Kier alpha value is -2.65. The number of likely N-dealkylation sites (N-methyl/N-ethyl adjacent to an activating group) is 1. The fourth-order valence-corrected chi connectivity index (χ4v) is 4.40. The summed E-state index contributed by atoms with van der Waals surface area (Å²) in [6, 6.07) is 10.5. The van der Waals surface area contributed by atoms with E-state index in [1.54, 1.807) is 25.1 Å². The van der Waals surface area contributed by atoms with Crippen molar-refractivity contribution in [3.63, 3.8) is 0 Å². The lowest BCUT2D eigenvalue weighted by molar-refractivity contribution is -0.384. The van der Waals surface area contributed by atoms with E-state index in [9.17, 15) is 19.3 Å². The van der Waals surface area contributed by atoms with Gasteiger partial charge >= 0.3 is 0 Å². The summed E-state index contributed by atoms with van der Waals surface area (Å²) in [5.74, 6) is -0.508. The first-order chi connectivity index (χ1) is 14.7. The lowest BCUT2D eigenvalue weighted by Gasteiger charge is -2.36. The number of carbonyl (C=O) groups excluding carboxylic acids is 1. The first kappa shape index (κ1) is 23.0. The maximum absolute atomic E-state index is 14.0. The largest absolute Gasteiger partial charge is 0.369 e. The molecule has 2 aromatic rings. The van der Waals surface area contributed by atoms with Crippen LogP contribution in [0, 0.1) is 15.9 Å². The van der Waals surface area contributed by atoms with Crippen molar-refractivity contribution in [2.45, 2.75) is 30.0 Å².